The number of rotatable bonds is 11. The van der Waals surface area contributed by atoms with Gasteiger partial charge in [0.15, 0.2) is 11.5 Å². The molecule has 0 aliphatic heterocycles. The SMILES string of the molecule is CCCCN(C)S(=O)(=O)c1ccc(NC(=O)/C=C/c2cc(OC)c(OC)c(OC)c2)cc1. The fraction of sp³-hybridized carbons (Fsp3) is 0.348. The lowest BCUT2D eigenvalue weighted by Gasteiger charge is -2.17. The molecule has 0 radical (unpaired) electrons. The Labute approximate surface area is 189 Å². The Bertz CT molecular complexity index is 1020. The zero-order valence-electron chi connectivity index (χ0n) is 19.0. The first-order chi connectivity index (χ1) is 15.3. The average Bonchev–Trinajstić information content (AvgIpc) is 2.80. The maximum absolute atomic E-state index is 12.6. The Hall–Kier alpha value is -3.04. The number of hydrogen-bond acceptors (Lipinski definition) is 6. The Morgan fingerprint density at radius 1 is 1.03 bits per heavy atom. The smallest absolute Gasteiger partial charge is 0.248 e. The second-order valence-corrected chi connectivity index (χ2v) is 9.03. The number of hydrogen-bond donors (Lipinski definition) is 1. The van der Waals surface area contributed by atoms with Gasteiger partial charge in [-0.05, 0) is 54.5 Å². The average molecular weight is 463 g/mol. The topological polar surface area (TPSA) is 94.2 Å². The van der Waals surface area contributed by atoms with Crippen molar-refractivity contribution in [2.45, 2.75) is 24.7 Å². The number of ether oxygens (including phenoxy) is 3. The Balaban J connectivity index is 2.10. The van der Waals surface area contributed by atoms with E-state index in [9.17, 15) is 13.2 Å². The minimum Gasteiger partial charge on any atom is -0.493 e. The van der Waals surface area contributed by atoms with Crippen LogP contribution in [0.25, 0.3) is 6.08 Å². The van der Waals surface area contributed by atoms with Gasteiger partial charge in [-0.1, -0.05) is 13.3 Å². The van der Waals surface area contributed by atoms with Crippen molar-refractivity contribution < 1.29 is 27.4 Å². The third-order valence-corrected chi connectivity index (χ3v) is 6.64. The predicted octanol–water partition coefficient (Wildman–Crippen LogP) is 3.78. The second-order valence-electron chi connectivity index (χ2n) is 6.99. The van der Waals surface area contributed by atoms with Gasteiger partial charge in [-0.25, -0.2) is 12.7 Å². The van der Waals surface area contributed by atoms with Gasteiger partial charge in [0.05, 0.1) is 26.2 Å². The summed E-state index contributed by atoms with van der Waals surface area (Å²) in [5.41, 5.74) is 1.17. The normalized spacial score (nSPS) is 11.6. The van der Waals surface area contributed by atoms with Crippen LogP contribution in [0, 0.1) is 0 Å². The van der Waals surface area contributed by atoms with E-state index >= 15 is 0 Å². The Morgan fingerprint density at radius 3 is 2.12 bits per heavy atom. The summed E-state index contributed by atoms with van der Waals surface area (Å²) in [5.74, 6) is 1.06. The van der Waals surface area contributed by atoms with Gasteiger partial charge in [0.1, 0.15) is 0 Å². The van der Waals surface area contributed by atoms with Crippen molar-refractivity contribution in [3.63, 3.8) is 0 Å². The number of methoxy groups -OCH3 is 3. The van der Waals surface area contributed by atoms with Crippen molar-refractivity contribution in [1.29, 1.82) is 0 Å². The van der Waals surface area contributed by atoms with Crippen LogP contribution in [-0.2, 0) is 14.8 Å². The van der Waals surface area contributed by atoms with E-state index in [0.29, 0.717) is 35.0 Å². The number of nitrogens with zero attached hydrogens (tertiary/aromatic N) is 1. The highest BCUT2D eigenvalue weighted by Gasteiger charge is 2.20. The van der Waals surface area contributed by atoms with Crippen LogP contribution in [0.15, 0.2) is 47.4 Å². The van der Waals surface area contributed by atoms with Gasteiger partial charge in [-0.3, -0.25) is 4.79 Å². The summed E-state index contributed by atoms with van der Waals surface area (Å²) in [6.07, 6.45) is 4.68. The van der Waals surface area contributed by atoms with Gasteiger partial charge < -0.3 is 19.5 Å². The number of sulfonamides is 1. The van der Waals surface area contributed by atoms with E-state index in [1.54, 1.807) is 37.4 Å². The van der Waals surface area contributed by atoms with Crippen molar-refractivity contribution in [2.24, 2.45) is 0 Å². The van der Waals surface area contributed by atoms with Gasteiger partial charge in [0.2, 0.25) is 21.7 Å². The molecule has 0 atom stereocenters. The van der Waals surface area contributed by atoms with Crippen molar-refractivity contribution in [2.75, 3.05) is 40.2 Å². The maximum Gasteiger partial charge on any atom is 0.248 e. The molecule has 0 saturated heterocycles. The standard InChI is InChI=1S/C23H30N2O6S/c1-6-7-14-25(2)32(27,28)19-11-9-18(10-12-19)24-22(26)13-8-17-15-20(29-3)23(31-5)21(16-17)30-4/h8-13,15-16H,6-7,14H2,1-5H3,(H,24,26)/b13-8+. The number of anilines is 1. The fourth-order valence-corrected chi connectivity index (χ4v) is 4.15. The third kappa shape index (κ3) is 6.24. The Kier molecular flexibility index (Phi) is 9.10. The highest BCUT2D eigenvalue weighted by molar-refractivity contribution is 7.89. The first-order valence-electron chi connectivity index (χ1n) is 10.1. The first-order valence-corrected chi connectivity index (χ1v) is 11.6. The number of carbonyl (C=O) groups excluding carboxylic acids is 1. The second kappa shape index (κ2) is 11.5. The molecule has 1 amide bonds. The fourth-order valence-electron chi connectivity index (χ4n) is 2.94. The molecular formula is C23H30N2O6S. The van der Waals surface area contributed by atoms with Crippen LogP contribution in [-0.4, -0.2) is 53.6 Å². The number of nitrogens with one attached hydrogen (secondary N) is 1. The molecule has 1 N–H and O–H groups in total. The molecule has 9 heteroatoms. The van der Waals surface area contributed by atoms with E-state index < -0.39 is 10.0 Å². The lowest BCUT2D eigenvalue weighted by Crippen LogP contribution is -2.27. The van der Waals surface area contributed by atoms with Crippen LogP contribution in [0.3, 0.4) is 0 Å². The third-order valence-electron chi connectivity index (χ3n) is 4.77. The van der Waals surface area contributed by atoms with Crippen LogP contribution in [0.4, 0.5) is 5.69 Å². The number of benzene rings is 2. The molecule has 2 aromatic rings. The van der Waals surface area contributed by atoms with Crippen LogP contribution >= 0.6 is 0 Å². The lowest BCUT2D eigenvalue weighted by molar-refractivity contribution is -0.111. The molecule has 0 fully saturated rings. The molecule has 32 heavy (non-hydrogen) atoms. The summed E-state index contributed by atoms with van der Waals surface area (Å²) >= 11 is 0. The minimum absolute atomic E-state index is 0.182. The Morgan fingerprint density at radius 2 is 1.62 bits per heavy atom. The van der Waals surface area contributed by atoms with Gasteiger partial charge in [0, 0.05) is 25.4 Å². The van der Waals surface area contributed by atoms with Gasteiger partial charge >= 0.3 is 0 Å². The lowest BCUT2D eigenvalue weighted by atomic mass is 10.1. The largest absolute Gasteiger partial charge is 0.493 e. The van der Waals surface area contributed by atoms with Gasteiger partial charge in [-0.15, -0.1) is 0 Å². The van der Waals surface area contributed by atoms with E-state index in [-0.39, 0.29) is 10.8 Å². The molecular weight excluding hydrogens is 432 g/mol. The first kappa shape index (κ1) is 25.2. The molecule has 0 heterocycles. The summed E-state index contributed by atoms with van der Waals surface area (Å²) in [6.45, 7) is 2.47. The quantitative estimate of drug-likeness (QED) is 0.511. The zero-order valence-corrected chi connectivity index (χ0v) is 19.9. The van der Waals surface area contributed by atoms with E-state index in [1.807, 2.05) is 6.92 Å². The highest BCUT2D eigenvalue weighted by Crippen LogP contribution is 2.38. The van der Waals surface area contributed by atoms with Gasteiger partial charge in [-0.2, -0.15) is 0 Å². The molecule has 2 rings (SSSR count). The van der Waals surface area contributed by atoms with Crippen molar-refractivity contribution in [1.82, 2.24) is 4.31 Å². The van der Waals surface area contributed by atoms with Crippen LogP contribution in [0.1, 0.15) is 25.3 Å². The minimum atomic E-state index is -3.55. The van der Waals surface area contributed by atoms with Crippen LogP contribution in [0.5, 0.6) is 17.2 Å². The molecule has 0 unspecified atom stereocenters. The van der Waals surface area contributed by atoms with E-state index in [0.717, 1.165) is 12.8 Å². The molecule has 0 aromatic heterocycles. The van der Waals surface area contributed by atoms with E-state index in [4.69, 9.17) is 14.2 Å². The van der Waals surface area contributed by atoms with E-state index in [2.05, 4.69) is 5.32 Å². The monoisotopic (exact) mass is 462 g/mol. The maximum atomic E-state index is 12.6. The summed E-state index contributed by atoms with van der Waals surface area (Å²) in [4.78, 5) is 12.5. The molecule has 2 aromatic carbocycles. The highest BCUT2D eigenvalue weighted by atomic mass is 32.2. The molecule has 0 aliphatic carbocycles. The van der Waals surface area contributed by atoms with Crippen LogP contribution < -0.4 is 19.5 Å². The van der Waals surface area contributed by atoms with E-state index in [1.165, 1.54) is 43.8 Å². The number of carbonyl (C=O) groups is 1. The van der Waals surface area contributed by atoms with Crippen LogP contribution in [0.2, 0.25) is 0 Å². The van der Waals surface area contributed by atoms with Gasteiger partial charge in [0.25, 0.3) is 0 Å². The molecule has 0 spiro atoms. The molecule has 0 aliphatic rings. The molecule has 174 valence electrons. The molecule has 0 saturated carbocycles. The predicted molar refractivity (Wildman–Crippen MR) is 125 cm³/mol. The molecule has 8 nitrogen and oxygen atoms in total. The van der Waals surface area contributed by atoms with Crippen molar-refractivity contribution in [3.8, 4) is 17.2 Å². The molecule has 0 bridgehead atoms. The summed E-state index contributed by atoms with van der Waals surface area (Å²) < 4.78 is 42.4. The van der Waals surface area contributed by atoms with Crippen molar-refractivity contribution in [3.05, 3.63) is 48.0 Å². The van der Waals surface area contributed by atoms with Crippen molar-refractivity contribution >= 4 is 27.7 Å². The number of unbranched alkanes of at least 4 members (excludes halogenated alkanes) is 1. The zero-order chi connectivity index (χ0) is 23.7. The summed E-state index contributed by atoms with van der Waals surface area (Å²) in [7, 11) is 2.57. The number of amides is 1. The summed E-state index contributed by atoms with van der Waals surface area (Å²) in [5, 5.41) is 2.71. The summed E-state index contributed by atoms with van der Waals surface area (Å²) in [6, 6.07) is 9.53.